The first-order valence-corrected chi connectivity index (χ1v) is 5.20. The van der Waals surface area contributed by atoms with Crippen LogP contribution < -0.4 is 5.44 Å². The number of pyridine rings is 1. The lowest BCUT2D eigenvalue weighted by Gasteiger charge is -2.05. The Balaban J connectivity index is 2.61. The van der Waals surface area contributed by atoms with Crippen molar-refractivity contribution in [3.8, 4) is 11.1 Å². The van der Waals surface area contributed by atoms with Gasteiger partial charge in [-0.15, -0.1) is 0 Å². The van der Waals surface area contributed by atoms with Crippen LogP contribution >= 0.6 is 20.8 Å². The highest BCUT2D eigenvalue weighted by Gasteiger charge is 2.04. The Bertz CT molecular complexity index is 413. The molecule has 1 aromatic carbocycles. The van der Waals surface area contributed by atoms with Crippen molar-refractivity contribution in [2.24, 2.45) is 0 Å². The Morgan fingerprint density at radius 3 is 2.43 bits per heavy atom. The zero-order valence-corrected chi connectivity index (χ0v) is 9.35. The fourth-order valence-electron chi connectivity index (χ4n) is 1.32. The molecule has 1 heterocycles. The van der Waals surface area contributed by atoms with Crippen LogP contribution in [0.1, 0.15) is 0 Å². The zero-order chi connectivity index (χ0) is 9.97. The van der Waals surface area contributed by atoms with Crippen molar-refractivity contribution in [2.75, 3.05) is 0 Å². The van der Waals surface area contributed by atoms with Crippen molar-refractivity contribution >= 4 is 26.3 Å². The molecular weight excluding hydrogens is 213 g/mol. The number of benzene rings is 1. The van der Waals surface area contributed by atoms with Crippen LogP contribution in [0.2, 0.25) is 5.02 Å². The molecule has 0 aliphatic rings. The van der Waals surface area contributed by atoms with Crippen molar-refractivity contribution in [2.45, 2.75) is 0 Å². The Hall–Kier alpha value is -0.910. The molecule has 0 spiro atoms. The van der Waals surface area contributed by atoms with Gasteiger partial charge in [0.1, 0.15) is 0 Å². The van der Waals surface area contributed by atoms with E-state index in [0.29, 0.717) is 0 Å². The van der Waals surface area contributed by atoms with Crippen LogP contribution in [0.5, 0.6) is 0 Å². The molecule has 0 aliphatic heterocycles. The number of rotatable bonds is 1. The minimum absolute atomic E-state index is 0.754. The Morgan fingerprint density at radius 1 is 1.00 bits per heavy atom. The quantitative estimate of drug-likeness (QED) is 0.675. The monoisotopic (exact) mass is 221 g/mol. The number of nitrogens with zero attached hydrogens (tertiary/aromatic N) is 1. The lowest BCUT2D eigenvalue weighted by Crippen LogP contribution is -2.00. The van der Waals surface area contributed by atoms with Crippen LogP contribution in [0.25, 0.3) is 11.1 Å². The van der Waals surface area contributed by atoms with Crippen molar-refractivity contribution in [1.29, 1.82) is 0 Å². The van der Waals surface area contributed by atoms with E-state index in [9.17, 15) is 0 Å². The van der Waals surface area contributed by atoms with Crippen LogP contribution in [0.3, 0.4) is 0 Å². The second-order valence-corrected chi connectivity index (χ2v) is 3.87. The first kappa shape index (κ1) is 9.64. The highest BCUT2D eigenvalue weighted by molar-refractivity contribution is 7.27. The average Bonchev–Trinajstić information content (AvgIpc) is 2.20. The molecule has 0 bridgehead atoms. The molecule has 1 aromatic heterocycles. The molecule has 70 valence electrons. The van der Waals surface area contributed by atoms with E-state index in [2.05, 4.69) is 14.2 Å². The van der Waals surface area contributed by atoms with E-state index in [0.717, 1.165) is 21.6 Å². The molecule has 0 aliphatic carbocycles. The van der Waals surface area contributed by atoms with E-state index in [1.165, 1.54) is 0 Å². The van der Waals surface area contributed by atoms with Gasteiger partial charge in [-0.3, -0.25) is 4.98 Å². The van der Waals surface area contributed by atoms with E-state index in [4.69, 9.17) is 11.6 Å². The van der Waals surface area contributed by atoms with E-state index in [-0.39, 0.29) is 0 Å². The lowest BCUT2D eigenvalue weighted by atomic mass is 10.1. The van der Waals surface area contributed by atoms with Crippen molar-refractivity contribution in [3.05, 3.63) is 47.6 Å². The summed E-state index contributed by atoms with van der Waals surface area (Å²) in [4.78, 5) is 4.20. The van der Waals surface area contributed by atoms with Gasteiger partial charge in [0.05, 0.1) is 5.44 Å². The summed E-state index contributed by atoms with van der Waals surface area (Å²) in [5.41, 5.74) is 3.00. The summed E-state index contributed by atoms with van der Waals surface area (Å²) >= 11 is 6.09. The molecule has 0 radical (unpaired) electrons. The van der Waals surface area contributed by atoms with E-state index >= 15 is 0 Å². The highest BCUT2D eigenvalue weighted by Crippen LogP contribution is 2.26. The molecule has 0 amide bonds. The molecule has 3 heteroatoms. The molecule has 1 nitrogen and oxygen atoms in total. The normalized spacial score (nSPS) is 10.1. The molecule has 2 aromatic rings. The fraction of sp³-hybridized carbons (Fsp3) is 0. The Labute approximate surface area is 90.3 Å². The van der Waals surface area contributed by atoms with Gasteiger partial charge in [0.15, 0.2) is 0 Å². The zero-order valence-electron chi connectivity index (χ0n) is 7.44. The summed E-state index contributed by atoms with van der Waals surface area (Å²) in [6, 6.07) is 11.7. The highest BCUT2D eigenvalue weighted by atomic mass is 35.5. The maximum absolute atomic E-state index is 6.09. The summed E-state index contributed by atoms with van der Waals surface area (Å²) in [6.45, 7) is 0. The maximum Gasteiger partial charge on any atom is 0.0647 e. The minimum Gasteiger partial charge on any atom is -0.256 e. The summed E-state index contributed by atoms with van der Waals surface area (Å²) in [5, 5.41) is 0.754. The molecular formula is C11H9ClNP. The standard InChI is InChI=1S/C11H9ClNP/c12-10-6-2-1-4-8(10)9-5-3-7-13-11(9)14/h1-7H,14H2. The van der Waals surface area contributed by atoms with Gasteiger partial charge in [-0.25, -0.2) is 0 Å². The van der Waals surface area contributed by atoms with Crippen LogP contribution in [0.4, 0.5) is 0 Å². The lowest BCUT2D eigenvalue weighted by molar-refractivity contribution is 1.39. The molecule has 0 saturated carbocycles. The number of halogens is 1. The predicted octanol–water partition coefficient (Wildman–Crippen LogP) is 2.90. The first-order chi connectivity index (χ1) is 6.79. The van der Waals surface area contributed by atoms with Crippen molar-refractivity contribution < 1.29 is 0 Å². The van der Waals surface area contributed by atoms with E-state index in [1.54, 1.807) is 6.20 Å². The van der Waals surface area contributed by atoms with Crippen LogP contribution in [-0.2, 0) is 0 Å². The third-order valence-electron chi connectivity index (χ3n) is 2.00. The van der Waals surface area contributed by atoms with Gasteiger partial charge in [-0.1, -0.05) is 45.1 Å². The summed E-state index contributed by atoms with van der Waals surface area (Å²) in [5.74, 6) is 0. The molecule has 0 fully saturated rings. The van der Waals surface area contributed by atoms with Crippen LogP contribution in [-0.4, -0.2) is 4.98 Å². The number of hydrogen-bond acceptors (Lipinski definition) is 1. The second-order valence-electron chi connectivity index (χ2n) is 2.92. The van der Waals surface area contributed by atoms with E-state index < -0.39 is 0 Å². The topological polar surface area (TPSA) is 12.9 Å². The Kier molecular flexibility index (Phi) is 2.81. The Morgan fingerprint density at radius 2 is 1.71 bits per heavy atom. The second kappa shape index (κ2) is 4.08. The van der Waals surface area contributed by atoms with Crippen LogP contribution in [0.15, 0.2) is 42.6 Å². The van der Waals surface area contributed by atoms with Crippen LogP contribution in [0, 0.1) is 0 Å². The molecule has 2 rings (SSSR count). The van der Waals surface area contributed by atoms with E-state index in [1.807, 2.05) is 36.4 Å². The third-order valence-corrected chi connectivity index (χ3v) is 2.79. The summed E-state index contributed by atoms with van der Waals surface area (Å²) in [6.07, 6.45) is 1.77. The SMILES string of the molecule is Pc1ncccc1-c1ccccc1Cl. The van der Waals surface area contributed by atoms with Gasteiger partial charge >= 0.3 is 0 Å². The maximum atomic E-state index is 6.09. The molecule has 0 N–H and O–H groups in total. The first-order valence-electron chi connectivity index (χ1n) is 4.24. The largest absolute Gasteiger partial charge is 0.256 e. The summed E-state index contributed by atoms with van der Waals surface area (Å²) < 4.78 is 0. The van der Waals surface area contributed by atoms with Crippen molar-refractivity contribution in [3.63, 3.8) is 0 Å². The van der Waals surface area contributed by atoms with Gasteiger partial charge in [-0.2, -0.15) is 0 Å². The fourth-order valence-corrected chi connectivity index (χ4v) is 1.90. The molecule has 0 saturated heterocycles. The number of aromatic nitrogens is 1. The molecule has 1 atom stereocenters. The minimum atomic E-state index is 0.754. The third kappa shape index (κ3) is 1.79. The van der Waals surface area contributed by atoms with Crippen molar-refractivity contribution in [1.82, 2.24) is 4.98 Å². The average molecular weight is 222 g/mol. The van der Waals surface area contributed by atoms with Gasteiger partial charge in [0.25, 0.3) is 0 Å². The predicted molar refractivity (Wildman–Crippen MR) is 64.0 cm³/mol. The number of hydrogen-bond donors (Lipinski definition) is 0. The summed E-state index contributed by atoms with van der Waals surface area (Å²) in [7, 11) is 2.61. The van der Waals surface area contributed by atoms with Gasteiger partial charge in [-0.05, 0) is 12.1 Å². The van der Waals surface area contributed by atoms with Gasteiger partial charge < -0.3 is 0 Å². The smallest absolute Gasteiger partial charge is 0.0647 e. The molecule has 1 unspecified atom stereocenters. The van der Waals surface area contributed by atoms with Gasteiger partial charge in [0.2, 0.25) is 0 Å². The molecule has 14 heavy (non-hydrogen) atoms. The van der Waals surface area contributed by atoms with Gasteiger partial charge in [0, 0.05) is 22.3 Å².